The summed E-state index contributed by atoms with van der Waals surface area (Å²) in [4.78, 5) is 14.4. The van der Waals surface area contributed by atoms with Gasteiger partial charge in [0.2, 0.25) is 5.91 Å². The van der Waals surface area contributed by atoms with E-state index in [4.69, 9.17) is 0 Å². The predicted molar refractivity (Wildman–Crippen MR) is 99.8 cm³/mol. The molecule has 3 fully saturated rings. The summed E-state index contributed by atoms with van der Waals surface area (Å²) in [5, 5.41) is 10.6. The van der Waals surface area contributed by atoms with Crippen molar-refractivity contribution in [3.05, 3.63) is 24.8 Å². The number of nitrogens with zero attached hydrogens (tertiary/aromatic N) is 1. The van der Waals surface area contributed by atoms with E-state index in [0.717, 1.165) is 19.3 Å². The van der Waals surface area contributed by atoms with Crippen LogP contribution in [0.1, 0.15) is 52.4 Å². The van der Waals surface area contributed by atoms with Crippen LogP contribution < -0.4 is 0 Å². The molecule has 0 aromatic rings. The standard InChI is InChI=1S/C22H33NO2/c1-5-6-14-13-15-16-7-8-18(24)21(16,2)11-9-17(15)22(3)12-10-19(25)23(4)20(14)22/h5,10,12,14-18,20,24H,1,6-9,11,13H2,2-4H3/t14?,15-,16-,17+,18?,20?,21-,22+/m0/s1. The summed E-state index contributed by atoms with van der Waals surface area (Å²) in [7, 11) is 1.98. The molecule has 25 heavy (non-hydrogen) atoms. The lowest BCUT2D eigenvalue weighted by Gasteiger charge is -2.62. The van der Waals surface area contributed by atoms with Gasteiger partial charge in [0.05, 0.1) is 6.10 Å². The molecule has 0 spiro atoms. The molecule has 1 N–H and O–H groups in total. The minimum Gasteiger partial charge on any atom is -0.393 e. The molecular weight excluding hydrogens is 310 g/mol. The Hall–Kier alpha value is -1.09. The van der Waals surface area contributed by atoms with Crippen molar-refractivity contribution in [2.75, 3.05) is 7.05 Å². The molecule has 4 aliphatic rings. The Morgan fingerprint density at radius 1 is 1.32 bits per heavy atom. The van der Waals surface area contributed by atoms with Gasteiger partial charge in [-0.2, -0.15) is 0 Å². The first-order chi connectivity index (χ1) is 11.8. The van der Waals surface area contributed by atoms with Crippen LogP contribution in [0.3, 0.4) is 0 Å². The summed E-state index contributed by atoms with van der Waals surface area (Å²) in [5.74, 6) is 2.53. The lowest BCUT2D eigenvalue weighted by Crippen LogP contribution is -2.63. The van der Waals surface area contributed by atoms with E-state index in [1.165, 1.54) is 19.3 Å². The fourth-order valence-electron chi connectivity index (χ4n) is 7.47. The minimum atomic E-state index is -0.131. The van der Waals surface area contributed by atoms with Gasteiger partial charge in [-0.25, -0.2) is 0 Å². The van der Waals surface area contributed by atoms with Gasteiger partial charge in [-0.3, -0.25) is 4.79 Å². The number of likely N-dealkylation sites (N-methyl/N-ethyl adjacent to an activating group) is 1. The van der Waals surface area contributed by atoms with Gasteiger partial charge in [-0.1, -0.05) is 26.0 Å². The van der Waals surface area contributed by atoms with Crippen LogP contribution in [0.2, 0.25) is 0 Å². The number of aliphatic hydroxyl groups excluding tert-OH is 1. The topological polar surface area (TPSA) is 40.5 Å². The molecule has 0 aromatic carbocycles. The second-order valence-corrected chi connectivity index (χ2v) is 9.63. The van der Waals surface area contributed by atoms with Crippen molar-refractivity contribution >= 4 is 5.91 Å². The van der Waals surface area contributed by atoms with Gasteiger partial charge in [0.15, 0.2) is 0 Å². The van der Waals surface area contributed by atoms with Gasteiger partial charge in [-0.05, 0) is 73.7 Å². The van der Waals surface area contributed by atoms with Crippen molar-refractivity contribution in [2.24, 2.45) is 34.5 Å². The van der Waals surface area contributed by atoms with Crippen molar-refractivity contribution in [1.82, 2.24) is 4.90 Å². The number of carbonyl (C=O) groups is 1. The average molecular weight is 344 g/mol. The Balaban J connectivity index is 1.76. The van der Waals surface area contributed by atoms with Gasteiger partial charge in [0.25, 0.3) is 0 Å². The Morgan fingerprint density at radius 3 is 2.80 bits per heavy atom. The zero-order chi connectivity index (χ0) is 18.0. The molecule has 0 bridgehead atoms. The van der Waals surface area contributed by atoms with E-state index in [-0.39, 0.29) is 28.9 Å². The molecule has 3 unspecified atom stereocenters. The smallest absolute Gasteiger partial charge is 0.246 e. The number of allylic oxidation sites excluding steroid dienone is 1. The molecule has 138 valence electrons. The van der Waals surface area contributed by atoms with Gasteiger partial charge in [0.1, 0.15) is 0 Å². The Bertz CT molecular complexity index is 613. The summed E-state index contributed by atoms with van der Waals surface area (Å²) >= 11 is 0. The van der Waals surface area contributed by atoms with E-state index in [2.05, 4.69) is 26.5 Å². The summed E-state index contributed by atoms with van der Waals surface area (Å²) in [6.45, 7) is 8.71. The molecule has 0 aromatic heterocycles. The number of hydrogen-bond acceptors (Lipinski definition) is 2. The second kappa shape index (κ2) is 5.70. The maximum Gasteiger partial charge on any atom is 0.246 e. The van der Waals surface area contributed by atoms with E-state index in [1.807, 2.05) is 18.0 Å². The number of hydrogen-bond donors (Lipinski definition) is 1. The van der Waals surface area contributed by atoms with Crippen LogP contribution >= 0.6 is 0 Å². The van der Waals surface area contributed by atoms with Crippen LogP contribution in [0.15, 0.2) is 24.8 Å². The summed E-state index contributed by atoms with van der Waals surface area (Å²) in [6, 6.07) is 0.278. The first-order valence-electron chi connectivity index (χ1n) is 10.1. The fourth-order valence-corrected chi connectivity index (χ4v) is 7.47. The van der Waals surface area contributed by atoms with Gasteiger partial charge in [0, 0.05) is 18.5 Å². The van der Waals surface area contributed by atoms with E-state index >= 15 is 0 Å². The molecule has 0 saturated heterocycles. The number of aliphatic hydroxyl groups is 1. The number of fused-ring (bicyclic) bond motifs is 5. The lowest BCUT2D eigenvalue weighted by molar-refractivity contribution is -0.147. The molecule has 1 heterocycles. The molecule has 1 amide bonds. The second-order valence-electron chi connectivity index (χ2n) is 9.63. The van der Waals surface area contributed by atoms with Crippen LogP contribution in [-0.2, 0) is 4.79 Å². The van der Waals surface area contributed by atoms with E-state index < -0.39 is 0 Å². The molecule has 3 nitrogen and oxygen atoms in total. The van der Waals surface area contributed by atoms with Gasteiger partial charge in [-0.15, -0.1) is 6.58 Å². The van der Waals surface area contributed by atoms with Crippen LogP contribution in [0.4, 0.5) is 0 Å². The van der Waals surface area contributed by atoms with Crippen LogP contribution in [-0.4, -0.2) is 35.1 Å². The third-order valence-corrected chi connectivity index (χ3v) is 8.66. The summed E-state index contributed by atoms with van der Waals surface area (Å²) in [6.07, 6.45) is 12.5. The molecule has 8 atom stereocenters. The van der Waals surface area contributed by atoms with Crippen molar-refractivity contribution in [3.8, 4) is 0 Å². The first kappa shape index (κ1) is 17.3. The largest absolute Gasteiger partial charge is 0.393 e. The van der Waals surface area contributed by atoms with Crippen LogP contribution in [0, 0.1) is 34.5 Å². The fraction of sp³-hybridized carbons (Fsp3) is 0.773. The third-order valence-electron chi connectivity index (χ3n) is 8.66. The maximum atomic E-state index is 12.4. The molecule has 3 aliphatic carbocycles. The summed E-state index contributed by atoms with van der Waals surface area (Å²) in [5.41, 5.74) is 0.150. The number of amides is 1. The van der Waals surface area contributed by atoms with Crippen molar-refractivity contribution in [2.45, 2.75) is 64.5 Å². The SMILES string of the molecule is C=CCC1C[C@@H]2[C@@H](CC[C@]3(C)C(O)CC[C@@H]23)[C@@]2(C)C=CC(=O)N(C)C12. The Labute approximate surface area is 152 Å². The molecule has 4 rings (SSSR count). The minimum absolute atomic E-state index is 0.0497. The number of carbonyl (C=O) groups excluding carboxylic acids is 1. The molecule has 3 saturated carbocycles. The summed E-state index contributed by atoms with van der Waals surface area (Å²) < 4.78 is 0. The predicted octanol–water partition coefficient (Wildman–Crippen LogP) is 3.79. The lowest BCUT2D eigenvalue weighted by atomic mass is 9.46. The van der Waals surface area contributed by atoms with E-state index in [1.54, 1.807) is 6.08 Å². The Morgan fingerprint density at radius 2 is 2.08 bits per heavy atom. The molecular formula is C22H33NO2. The van der Waals surface area contributed by atoms with Crippen molar-refractivity contribution in [1.29, 1.82) is 0 Å². The normalized spacial score (nSPS) is 51.7. The number of rotatable bonds is 2. The zero-order valence-corrected chi connectivity index (χ0v) is 15.9. The highest BCUT2D eigenvalue weighted by Crippen LogP contribution is 2.65. The van der Waals surface area contributed by atoms with Crippen molar-refractivity contribution < 1.29 is 9.90 Å². The van der Waals surface area contributed by atoms with Crippen LogP contribution in [0.25, 0.3) is 0 Å². The monoisotopic (exact) mass is 343 g/mol. The average Bonchev–Trinajstić information content (AvgIpc) is 2.87. The highest BCUT2D eigenvalue weighted by atomic mass is 16.3. The zero-order valence-electron chi connectivity index (χ0n) is 15.9. The van der Waals surface area contributed by atoms with Crippen molar-refractivity contribution in [3.63, 3.8) is 0 Å². The molecule has 1 aliphatic heterocycles. The maximum absolute atomic E-state index is 12.4. The highest BCUT2D eigenvalue weighted by Gasteiger charge is 2.62. The molecule has 3 heteroatoms. The Kier molecular flexibility index (Phi) is 3.95. The highest BCUT2D eigenvalue weighted by molar-refractivity contribution is 5.89. The van der Waals surface area contributed by atoms with Crippen LogP contribution in [0.5, 0.6) is 0 Å². The third kappa shape index (κ3) is 2.24. The van der Waals surface area contributed by atoms with Gasteiger partial charge >= 0.3 is 0 Å². The van der Waals surface area contributed by atoms with E-state index in [9.17, 15) is 9.90 Å². The molecule has 0 radical (unpaired) electrons. The van der Waals surface area contributed by atoms with E-state index in [0.29, 0.717) is 23.7 Å². The first-order valence-corrected chi connectivity index (χ1v) is 10.1. The van der Waals surface area contributed by atoms with Gasteiger partial charge < -0.3 is 10.0 Å². The quantitative estimate of drug-likeness (QED) is 0.775.